The second-order valence-corrected chi connectivity index (χ2v) is 5.12. The molecule has 0 aliphatic carbocycles. The average molecular weight is 290 g/mol. The molecule has 0 radical (unpaired) electrons. The summed E-state index contributed by atoms with van der Waals surface area (Å²) >= 11 is 0. The highest BCUT2D eigenvalue weighted by Crippen LogP contribution is 2.17. The largest absolute Gasteiger partial charge is 0.399 e. The zero-order valence-electron chi connectivity index (χ0n) is 12.0. The minimum atomic E-state index is -0.339. The van der Waals surface area contributed by atoms with Gasteiger partial charge in [-0.15, -0.1) is 0 Å². The molecule has 3 amide bonds. The van der Waals surface area contributed by atoms with Crippen LogP contribution in [0, 0.1) is 6.92 Å². The minimum Gasteiger partial charge on any atom is -0.399 e. The molecule has 1 aliphatic rings. The predicted molar refractivity (Wildman–Crippen MR) is 78.4 cm³/mol. The molecule has 0 saturated carbocycles. The van der Waals surface area contributed by atoms with E-state index in [0.29, 0.717) is 11.4 Å². The maximum atomic E-state index is 12.0. The number of hydrogen-bond donors (Lipinski definition) is 2. The number of hydrogen-bond acceptors (Lipinski definition) is 4. The number of carbonyl (C=O) groups is 3. The molecule has 0 unspecified atom stereocenters. The molecule has 0 bridgehead atoms. The van der Waals surface area contributed by atoms with Crippen molar-refractivity contribution in [2.45, 2.75) is 6.92 Å². The van der Waals surface area contributed by atoms with E-state index < -0.39 is 0 Å². The van der Waals surface area contributed by atoms with Gasteiger partial charge in [-0.3, -0.25) is 14.4 Å². The van der Waals surface area contributed by atoms with Crippen LogP contribution in [-0.2, 0) is 14.4 Å². The second kappa shape index (κ2) is 5.82. The molecule has 0 aromatic heterocycles. The number of nitrogens with two attached hydrogens (primary N) is 1. The van der Waals surface area contributed by atoms with Crippen LogP contribution in [0.3, 0.4) is 0 Å². The van der Waals surface area contributed by atoms with Gasteiger partial charge in [0, 0.05) is 18.4 Å². The van der Waals surface area contributed by atoms with Crippen LogP contribution in [0.4, 0.5) is 11.4 Å². The molecule has 2 rings (SSSR count). The number of aryl methyl sites for hydroxylation is 1. The first-order valence-electron chi connectivity index (χ1n) is 6.54. The fraction of sp³-hybridized carbons (Fsp3) is 0.357. The number of piperazine rings is 1. The summed E-state index contributed by atoms with van der Waals surface area (Å²) in [5, 5.41) is 2.72. The molecule has 112 valence electrons. The molecule has 1 heterocycles. The van der Waals surface area contributed by atoms with Crippen LogP contribution < -0.4 is 11.1 Å². The van der Waals surface area contributed by atoms with Crippen LogP contribution in [0.1, 0.15) is 5.56 Å². The van der Waals surface area contributed by atoms with Crippen molar-refractivity contribution in [2.75, 3.05) is 37.7 Å². The summed E-state index contributed by atoms with van der Waals surface area (Å²) in [5.41, 5.74) is 7.74. The fourth-order valence-electron chi connectivity index (χ4n) is 2.10. The summed E-state index contributed by atoms with van der Waals surface area (Å²) in [7, 11) is 1.56. The summed E-state index contributed by atoms with van der Waals surface area (Å²) in [4.78, 5) is 37.9. The van der Waals surface area contributed by atoms with Gasteiger partial charge in [-0.2, -0.15) is 0 Å². The van der Waals surface area contributed by atoms with Crippen molar-refractivity contribution in [3.63, 3.8) is 0 Å². The summed E-state index contributed by atoms with van der Waals surface area (Å²) in [6.45, 7) is 1.63. The van der Waals surface area contributed by atoms with Crippen LogP contribution >= 0.6 is 0 Å². The SMILES string of the molecule is Cc1cc(N)ccc1NC(=O)CN1CC(=O)N(C)CC1=O. The molecule has 1 aromatic rings. The quantitative estimate of drug-likeness (QED) is 0.755. The zero-order valence-corrected chi connectivity index (χ0v) is 12.0. The van der Waals surface area contributed by atoms with Gasteiger partial charge in [-0.05, 0) is 30.7 Å². The number of rotatable bonds is 3. The number of benzene rings is 1. The molecule has 1 fully saturated rings. The van der Waals surface area contributed by atoms with Crippen molar-refractivity contribution < 1.29 is 14.4 Å². The smallest absolute Gasteiger partial charge is 0.244 e. The van der Waals surface area contributed by atoms with Gasteiger partial charge in [0.25, 0.3) is 0 Å². The number of nitrogens with zero attached hydrogens (tertiary/aromatic N) is 2. The van der Waals surface area contributed by atoms with Crippen molar-refractivity contribution in [2.24, 2.45) is 0 Å². The van der Waals surface area contributed by atoms with Gasteiger partial charge in [0.1, 0.15) is 13.1 Å². The zero-order chi connectivity index (χ0) is 15.6. The van der Waals surface area contributed by atoms with Crippen LogP contribution in [0.5, 0.6) is 0 Å². The van der Waals surface area contributed by atoms with E-state index in [9.17, 15) is 14.4 Å². The monoisotopic (exact) mass is 290 g/mol. The van der Waals surface area contributed by atoms with Gasteiger partial charge in [-0.1, -0.05) is 0 Å². The van der Waals surface area contributed by atoms with E-state index in [1.54, 1.807) is 25.2 Å². The number of nitrogens with one attached hydrogen (secondary N) is 1. The van der Waals surface area contributed by atoms with Crippen LogP contribution in [0.25, 0.3) is 0 Å². The molecule has 1 aromatic carbocycles. The molecule has 7 heteroatoms. The Labute approximate surface area is 122 Å². The van der Waals surface area contributed by atoms with Crippen molar-refractivity contribution in [1.82, 2.24) is 9.80 Å². The number of nitrogen functional groups attached to an aromatic ring is 1. The first kappa shape index (κ1) is 14.8. The Morgan fingerprint density at radius 3 is 2.67 bits per heavy atom. The highest BCUT2D eigenvalue weighted by atomic mass is 16.2. The highest BCUT2D eigenvalue weighted by Gasteiger charge is 2.28. The predicted octanol–water partition coefficient (Wildman–Crippen LogP) is -0.184. The number of likely N-dealkylation sites (N-methyl/N-ethyl adjacent to an activating group) is 1. The Balaban J connectivity index is 1.98. The molecule has 0 atom stereocenters. The van der Waals surface area contributed by atoms with Crippen LogP contribution in [0.15, 0.2) is 18.2 Å². The van der Waals surface area contributed by atoms with E-state index >= 15 is 0 Å². The lowest BCUT2D eigenvalue weighted by atomic mass is 10.2. The topological polar surface area (TPSA) is 95.7 Å². The van der Waals surface area contributed by atoms with Crippen LogP contribution in [0.2, 0.25) is 0 Å². The Hall–Kier alpha value is -2.57. The van der Waals surface area contributed by atoms with E-state index in [2.05, 4.69) is 5.32 Å². The standard InChI is InChI=1S/C14H18N4O3/c1-9-5-10(15)3-4-11(9)16-12(19)6-18-8-13(20)17(2)7-14(18)21/h3-5H,6-8,15H2,1-2H3,(H,16,19). The lowest BCUT2D eigenvalue weighted by Gasteiger charge is -2.31. The average Bonchev–Trinajstić information content (AvgIpc) is 2.39. The Morgan fingerprint density at radius 1 is 1.29 bits per heavy atom. The molecular formula is C14H18N4O3. The van der Waals surface area contributed by atoms with Gasteiger partial charge >= 0.3 is 0 Å². The third-order valence-corrected chi connectivity index (χ3v) is 3.34. The van der Waals surface area contributed by atoms with Gasteiger partial charge < -0.3 is 20.9 Å². The van der Waals surface area contributed by atoms with Gasteiger partial charge in [0.2, 0.25) is 17.7 Å². The number of carbonyl (C=O) groups excluding carboxylic acids is 3. The summed E-state index contributed by atoms with van der Waals surface area (Å²) in [6.07, 6.45) is 0. The number of amides is 3. The summed E-state index contributed by atoms with van der Waals surface area (Å²) in [5.74, 6) is -0.749. The van der Waals surface area contributed by atoms with E-state index in [-0.39, 0.29) is 37.4 Å². The normalized spacial score (nSPS) is 15.3. The second-order valence-electron chi connectivity index (χ2n) is 5.12. The molecule has 1 saturated heterocycles. The number of anilines is 2. The maximum absolute atomic E-state index is 12.0. The Bertz CT molecular complexity index is 600. The molecule has 3 N–H and O–H groups in total. The molecule has 0 spiro atoms. The van der Waals surface area contributed by atoms with Gasteiger partial charge in [0.15, 0.2) is 0 Å². The van der Waals surface area contributed by atoms with Crippen molar-refractivity contribution in [3.05, 3.63) is 23.8 Å². The highest BCUT2D eigenvalue weighted by molar-refractivity contribution is 5.98. The first-order valence-corrected chi connectivity index (χ1v) is 6.54. The maximum Gasteiger partial charge on any atom is 0.244 e. The van der Waals surface area contributed by atoms with E-state index in [0.717, 1.165) is 5.56 Å². The van der Waals surface area contributed by atoms with Crippen molar-refractivity contribution >= 4 is 29.1 Å². The third kappa shape index (κ3) is 3.50. The van der Waals surface area contributed by atoms with E-state index in [1.165, 1.54) is 9.80 Å². The Kier molecular flexibility index (Phi) is 4.11. The summed E-state index contributed by atoms with van der Waals surface area (Å²) < 4.78 is 0. The fourth-order valence-corrected chi connectivity index (χ4v) is 2.10. The third-order valence-electron chi connectivity index (χ3n) is 3.34. The van der Waals surface area contributed by atoms with Gasteiger partial charge in [-0.25, -0.2) is 0 Å². The van der Waals surface area contributed by atoms with Crippen LogP contribution in [-0.4, -0.2) is 54.2 Å². The summed E-state index contributed by atoms with van der Waals surface area (Å²) in [6, 6.07) is 5.15. The molecule has 7 nitrogen and oxygen atoms in total. The Morgan fingerprint density at radius 2 is 2.00 bits per heavy atom. The van der Waals surface area contributed by atoms with Gasteiger partial charge in [0.05, 0.1) is 6.54 Å². The molecular weight excluding hydrogens is 272 g/mol. The lowest BCUT2D eigenvalue weighted by Crippen LogP contribution is -2.54. The molecule has 1 aliphatic heterocycles. The lowest BCUT2D eigenvalue weighted by molar-refractivity contribution is -0.149. The van der Waals surface area contributed by atoms with Crippen molar-refractivity contribution in [3.8, 4) is 0 Å². The minimum absolute atomic E-state index is 0.00696. The van der Waals surface area contributed by atoms with E-state index in [1.807, 2.05) is 6.92 Å². The van der Waals surface area contributed by atoms with Crippen molar-refractivity contribution in [1.29, 1.82) is 0 Å². The molecule has 21 heavy (non-hydrogen) atoms. The first-order chi connectivity index (χ1) is 9.86. The van der Waals surface area contributed by atoms with E-state index in [4.69, 9.17) is 5.73 Å².